The minimum atomic E-state index is -1.17. The van der Waals surface area contributed by atoms with E-state index in [1.54, 1.807) is 6.07 Å². The molecule has 24 heavy (non-hydrogen) atoms. The maximum absolute atomic E-state index is 12.2. The summed E-state index contributed by atoms with van der Waals surface area (Å²) in [5, 5.41) is 11.7. The Morgan fingerprint density at radius 1 is 1.17 bits per heavy atom. The number of carboxylic acid groups (broad SMARTS) is 1. The van der Waals surface area contributed by atoms with Crippen LogP contribution in [-0.4, -0.2) is 28.6 Å². The van der Waals surface area contributed by atoms with Gasteiger partial charge in [-0.15, -0.1) is 0 Å². The van der Waals surface area contributed by atoms with Gasteiger partial charge in [-0.2, -0.15) is 0 Å². The van der Waals surface area contributed by atoms with Crippen LogP contribution < -0.4 is 5.32 Å². The highest BCUT2D eigenvalue weighted by molar-refractivity contribution is 6.03. The SMILES string of the molecule is O=C(O)c1cccc(C(=O)Nc2cccc(COCC3CC3)c2)n1. The molecule has 2 aromatic rings. The van der Waals surface area contributed by atoms with E-state index in [1.165, 1.54) is 31.0 Å². The number of hydrogen-bond acceptors (Lipinski definition) is 4. The third kappa shape index (κ3) is 4.39. The van der Waals surface area contributed by atoms with E-state index in [2.05, 4.69) is 10.3 Å². The molecular formula is C18H18N2O4. The minimum absolute atomic E-state index is 0.0605. The number of nitrogens with zero attached hydrogens (tertiary/aromatic N) is 1. The number of benzene rings is 1. The van der Waals surface area contributed by atoms with Crippen LogP contribution in [0.2, 0.25) is 0 Å². The van der Waals surface area contributed by atoms with Gasteiger partial charge in [0.25, 0.3) is 5.91 Å². The van der Waals surface area contributed by atoms with Gasteiger partial charge in [-0.05, 0) is 48.6 Å². The predicted octanol–water partition coefficient (Wildman–Crippen LogP) is 2.96. The van der Waals surface area contributed by atoms with Crippen LogP contribution in [0.1, 0.15) is 39.4 Å². The molecule has 6 nitrogen and oxygen atoms in total. The number of aromatic nitrogens is 1. The van der Waals surface area contributed by atoms with Crippen LogP contribution in [0.4, 0.5) is 5.69 Å². The van der Waals surface area contributed by atoms with Crippen LogP contribution in [-0.2, 0) is 11.3 Å². The van der Waals surface area contributed by atoms with Crippen molar-refractivity contribution >= 4 is 17.6 Å². The molecule has 1 aliphatic rings. The van der Waals surface area contributed by atoms with Gasteiger partial charge in [-0.25, -0.2) is 9.78 Å². The van der Waals surface area contributed by atoms with Gasteiger partial charge in [-0.1, -0.05) is 18.2 Å². The first-order valence-corrected chi connectivity index (χ1v) is 7.80. The Labute approximate surface area is 139 Å². The standard InChI is InChI=1S/C18H18N2O4/c21-17(15-5-2-6-16(20-15)18(22)23)19-14-4-1-3-13(9-14)11-24-10-12-7-8-12/h1-6,9,12H,7-8,10-11H2,(H,19,21)(H,22,23). The van der Waals surface area contributed by atoms with E-state index in [1.807, 2.05) is 18.2 Å². The zero-order valence-corrected chi connectivity index (χ0v) is 13.1. The summed E-state index contributed by atoms with van der Waals surface area (Å²) in [4.78, 5) is 27.0. The number of hydrogen-bond donors (Lipinski definition) is 2. The van der Waals surface area contributed by atoms with Gasteiger partial charge in [0.05, 0.1) is 6.61 Å². The second kappa shape index (κ2) is 7.23. The Morgan fingerprint density at radius 3 is 2.67 bits per heavy atom. The molecule has 6 heteroatoms. The molecular weight excluding hydrogens is 308 g/mol. The number of aromatic carboxylic acids is 1. The Kier molecular flexibility index (Phi) is 4.86. The van der Waals surface area contributed by atoms with E-state index in [-0.39, 0.29) is 11.4 Å². The number of anilines is 1. The van der Waals surface area contributed by atoms with Crippen molar-refractivity contribution in [1.82, 2.24) is 4.98 Å². The molecule has 1 aromatic carbocycles. The molecule has 0 bridgehead atoms. The zero-order chi connectivity index (χ0) is 16.9. The third-order valence-corrected chi connectivity index (χ3v) is 3.70. The first-order chi connectivity index (χ1) is 11.6. The van der Waals surface area contributed by atoms with Crippen LogP contribution in [0.5, 0.6) is 0 Å². The summed E-state index contributed by atoms with van der Waals surface area (Å²) < 4.78 is 5.64. The lowest BCUT2D eigenvalue weighted by molar-refractivity contribution is 0.0690. The number of ether oxygens (including phenoxy) is 1. The van der Waals surface area contributed by atoms with E-state index in [0.717, 1.165) is 12.2 Å². The van der Waals surface area contributed by atoms with Crippen molar-refractivity contribution in [3.8, 4) is 0 Å². The van der Waals surface area contributed by atoms with Gasteiger partial charge < -0.3 is 15.2 Å². The highest BCUT2D eigenvalue weighted by Crippen LogP contribution is 2.29. The summed E-state index contributed by atoms with van der Waals surface area (Å²) in [6, 6.07) is 11.7. The van der Waals surface area contributed by atoms with Gasteiger partial charge in [0.1, 0.15) is 11.4 Å². The number of carbonyl (C=O) groups is 2. The quantitative estimate of drug-likeness (QED) is 0.816. The Bertz CT molecular complexity index is 756. The zero-order valence-electron chi connectivity index (χ0n) is 13.1. The van der Waals surface area contributed by atoms with Gasteiger partial charge in [0.15, 0.2) is 0 Å². The van der Waals surface area contributed by atoms with Crippen molar-refractivity contribution < 1.29 is 19.4 Å². The summed E-state index contributed by atoms with van der Waals surface area (Å²) in [6.45, 7) is 1.29. The number of carbonyl (C=O) groups excluding carboxylic acids is 1. The lowest BCUT2D eigenvalue weighted by Crippen LogP contribution is -2.15. The average Bonchev–Trinajstić information content (AvgIpc) is 3.39. The first kappa shape index (κ1) is 16.1. The lowest BCUT2D eigenvalue weighted by atomic mass is 10.2. The van der Waals surface area contributed by atoms with Crippen molar-refractivity contribution in [2.75, 3.05) is 11.9 Å². The molecule has 0 aliphatic heterocycles. The summed E-state index contributed by atoms with van der Waals surface area (Å²) >= 11 is 0. The van der Waals surface area contributed by atoms with Crippen molar-refractivity contribution in [2.24, 2.45) is 5.92 Å². The minimum Gasteiger partial charge on any atom is -0.477 e. The van der Waals surface area contributed by atoms with Crippen LogP contribution in [0, 0.1) is 5.92 Å². The van der Waals surface area contributed by atoms with Crippen LogP contribution in [0.3, 0.4) is 0 Å². The fraction of sp³-hybridized carbons (Fsp3) is 0.278. The highest BCUT2D eigenvalue weighted by atomic mass is 16.5. The van der Waals surface area contributed by atoms with E-state index < -0.39 is 11.9 Å². The van der Waals surface area contributed by atoms with Gasteiger partial charge in [0.2, 0.25) is 0 Å². The third-order valence-electron chi connectivity index (χ3n) is 3.70. The molecule has 0 radical (unpaired) electrons. The fourth-order valence-corrected chi connectivity index (χ4v) is 2.24. The summed E-state index contributed by atoms with van der Waals surface area (Å²) in [7, 11) is 0. The number of rotatable bonds is 7. The fourth-order valence-electron chi connectivity index (χ4n) is 2.24. The molecule has 3 rings (SSSR count). The summed E-state index contributed by atoms with van der Waals surface area (Å²) in [5.74, 6) is -0.908. The van der Waals surface area contributed by atoms with Crippen LogP contribution in [0.25, 0.3) is 0 Å². The van der Waals surface area contributed by atoms with E-state index >= 15 is 0 Å². The smallest absolute Gasteiger partial charge is 0.354 e. The topological polar surface area (TPSA) is 88.5 Å². The second-order valence-electron chi connectivity index (χ2n) is 5.83. The number of nitrogens with one attached hydrogen (secondary N) is 1. The monoisotopic (exact) mass is 326 g/mol. The first-order valence-electron chi connectivity index (χ1n) is 7.80. The Morgan fingerprint density at radius 2 is 1.92 bits per heavy atom. The second-order valence-corrected chi connectivity index (χ2v) is 5.83. The average molecular weight is 326 g/mol. The Balaban J connectivity index is 1.63. The van der Waals surface area contributed by atoms with E-state index in [4.69, 9.17) is 9.84 Å². The predicted molar refractivity (Wildman–Crippen MR) is 88.0 cm³/mol. The molecule has 2 N–H and O–H groups in total. The number of amides is 1. The van der Waals surface area contributed by atoms with E-state index in [0.29, 0.717) is 18.2 Å². The molecule has 124 valence electrons. The molecule has 1 aromatic heterocycles. The van der Waals surface area contributed by atoms with Gasteiger partial charge >= 0.3 is 5.97 Å². The van der Waals surface area contributed by atoms with Crippen LogP contribution in [0.15, 0.2) is 42.5 Å². The molecule has 1 heterocycles. The molecule has 1 amide bonds. The van der Waals surface area contributed by atoms with Crippen molar-refractivity contribution in [2.45, 2.75) is 19.4 Å². The number of pyridine rings is 1. The lowest BCUT2D eigenvalue weighted by Gasteiger charge is -2.08. The molecule has 0 unspecified atom stereocenters. The van der Waals surface area contributed by atoms with Crippen LogP contribution >= 0.6 is 0 Å². The van der Waals surface area contributed by atoms with Crippen molar-refractivity contribution in [3.63, 3.8) is 0 Å². The molecule has 0 spiro atoms. The molecule has 1 aliphatic carbocycles. The largest absolute Gasteiger partial charge is 0.477 e. The summed E-state index contributed by atoms with van der Waals surface area (Å²) in [5.41, 5.74) is 1.49. The van der Waals surface area contributed by atoms with Gasteiger partial charge in [0, 0.05) is 12.3 Å². The molecule has 1 fully saturated rings. The molecule has 1 saturated carbocycles. The highest BCUT2D eigenvalue weighted by Gasteiger charge is 2.21. The molecule has 0 atom stereocenters. The van der Waals surface area contributed by atoms with Gasteiger partial charge in [-0.3, -0.25) is 4.79 Å². The maximum atomic E-state index is 12.2. The van der Waals surface area contributed by atoms with Crippen molar-refractivity contribution in [1.29, 1.82) is 0 Å². The van der Waals surface area contributed by atoms with E-state index in [9.17, 15) is 9.59 Å². The summed E-state index contributed by atoms with van der Waals surface area (Å²) in [6.07, 6.45) is 2.50. The normalized spacial score (nSPS) is 13.5. The van der Waals surface area contributed by atoms with Crippen molar-refractivity contribution in [3.05, 3.63) is 59.4 Å². The maximum Gasteiger partial charge on any atom is 0.354 e. The molecule has 0 saturated heterocycles. The Hall–Kier alpha value is -2.73. The number of carboxylic acids is 1.